The van der Waals surface area contributed by atoms with Crippen molar-refractivity contribution in [3.05, 3.63) is 62.9 Å². The van der Waals surface area contributed by atoms with Crippen LogP contribution in [0.2, 0.25) is 0 Å². The molecule has 1 atom stereocenters. The van der Waals surface area contributed by atoms with Gasteiger partial charge in [-0.25, -0.2) is 9.78 Å². The minimum atomic E-state index is -4.99. The molecular formula is C23H17F6N3O6S. The molecule has 4 rings (SSSR count). The largest absolute Gasteiger partial charge is 0.573 e. The van der Waals surface area contributed by atoms with Crippen LogP contribution < -0.4 is 25.5 Å². The fraction of sp³-hybridized carbons (Fsp3) is 0.261. The van der Waals surface area contributed by atoms with E-state index < -0.39 is 42.2 Å². The van der Waals surface area contributed by atoms with Crippen LogP contribution in [0.3, 0.4) is 0 Å². The Kier molecular flexibility index (Phi) is 7.36. The Balaban J connectivity index is 1.70. The predicted molar refractivity (Wildman–Crippen MR) is 126 cm³/mol. The van der Waals surface area contributed by atoms with E-state index in [1.807, 2.05) is 4.98 Å². The summed E-state index contributed by atoms with van der Waals surface area (Å²) in [4.78, 5) is 31.2. The van der Waals surface area contributed by atoms with Gasteiger partial charge in [-0.2, -0.15) is 13.2 Å². The van der Waals surface area contributed by atoms with Crippen molar-refractivity contribution in [3.63, 3.8) is 0 Å². The number of nitrogens with one attached hydrogen (secondary N) is 1. The van der Waals surface area contributed by atoms with E-state index in [0.717, 1.165) is 23.5 Å². The molecule has 0 aliphatic carbocycles. The molecule has 2 N–H and O–H groups in total. The lowest BCUT2D eigenvalue weighted by atomic mass is 10.1. The summed E-state index contributed by atoms with van der Waals surface area (Å²) in [7, 11) is 1.30. The molecule has 1 aromatic carbocycles. The third-order valence-electron chi connectivity index (χ3n) is 5.37. The summed E-state index contributed by atoms with van der Waals surface area (Å²) in [6, 6.07) is 5.97. The normalized spacial score (nSPS) is 12.9. The molecule has 16 heteroatoms. The molecule has 3 aromatic heterocycles. The number of halogens is 6. The van der Waals surface area contributed by atoms with Gasteiger partial charge in [-0.15, -0.1) is 24.5 Å². The highest BCUT2D eigenvalue weighted by molar-refractivity contribution is 7.22. The number of hydrogen-bond acceptors (Lipinski definition) is 8. The second-order valence-electron chi connectivity index (χ2n) is 8.02. The Bertz CT molecular complexity index is 1630. The van der Waals surface area contributed by atoms with Crippen LogP contribution in [-0.4, -0.2) is 45.4 Å². The average molecular weight is 577 g/mol. The van der Waals surface area contributed by atoms with Gasteiger partial charge >= 0.3 is 18.2 Å². The lowest BCUT2D eigenvalue weighted by Gasteiger charge is -2.15. The van der Waals surface area contributed by atoms with Crippen molar-refractivity contribution in [1.82, 2.24) is 14.5 Å². The molecule has 0 bridgehead atoms. The monoisotopic (exact) mass is 577 g/mol. The van der Waals surface area contributed by atoms with Crippen LogP contribution in [0, 0.1) is 6.92 Å². The SMILES string of the molecule is COc1cc(-c2sc3c(c2C)c(=O)[nH]c(=O)n3C[C@@H](O)C(F)(F)F)cnc1Oc1ccc(OC(F)(F)F)cc1. The molecule has 0 spiro atoms. The topological polar surface area (TPSA) is 116 Å². The minimum Gasteiger partial charge on any atom is -0.491 e. The maximum Gasteiger partial charge on any atom is 0.573 e. The van der Waals surface area contributed by atoms with Gasteiger partial charge in [-0.05, 0) is 42.8 Å². The predicted octanol–water partition coefficient (Wildman–Crippen LogP) is 4.74. The van der Waals surface area contributed by atoms with Crippen LogP contribution in [0.5, 0.6) is 23.1 Å². The zero-order valence-corrected chi connectivity index (χ0v) is 20.6. The van der Waals surface area contributed by atoms with Crippen LogP contribution >= 0.6 is 11.3 Å². The fourth-order valence-corrected chi connectivity index (χ4v) is 4.89. The summed E-state index contributed by atoms with van der Waals surface area (Å²) in [6.45, 7) is 0.399. The Morgan fingerprint density at radius 1 is 1.10 bits per heavy atom. The summed E-state index contributed by atoms with van der Waals surface area (Å²) in [6.07, 6.45) is -11.4. The zero-order chi connectivity index (χ0) is 28.7. The molecule has 4 aromatic rings. The number of methoxy groups -OCH3 is 1. The number of pyridine rings is 1. The third-order valence-corrected chi connectivity index (χ3v) is 6.74. The van der Waals surface area contributed by atoms with E-state index in [2.05, 4.69) is 9.72 Å². The molecule has 3 heterocycles. The molecule has 0 aliphatic heterocycles. The van der Waals surface area contributed by atoms with Gasteiger partial charge in [0.05, 0.1) is 19.0 Å². The summed E-state index contributed by atoms with van der Waals surface area (Å²) < 4.78 is 91.2. The number of benzene rings is 1. The molecule has 208 valence electrons. The van der Waals surface area contributed by atoms with E-state index in [4.69, 9.17) is 9.47 Å². The van der Waals surface area contributed by atoms with E-state index in [-0.39, 0.29) is 27.6 Å². The van der Waals surface area contributed by atoms with Crippen LogP contribution in [0.25, 0.3) is 20.7 Å². The fourth-order valence-electron chi connectivity index (χ4n) is 3.59. The number of fused-ring (bicyclic) bond motifs is 1. The number of hydrogen-bond donors (Lipinski definition) is 2. The van der Waals surface area contributed by atoms with Crippen molar-refractivity contribution < 1.29 is 45.7 Å². The maximum atomic E-state index is 12.9. The lowest BCUT2D eigenvalue weighted by Crippen LogP contribution is -2.38. The molecule has 0 saturated heterocycles. The number of aromatic amines is 1. The Labute approximate surface area is 217 Å². The Morgan fingerprint density at radius 2 is 1.74 bits per heavy atom. The molecular weight excluding hydrogens is 560 g/mol. The van der Waals surface area contributed by atoms with E-state index in [0.29, 0.717) is 20.6 Å². The van der Waals surface area contributed by atoms with Gasteiger partial charge in [0.2, 0.25) is 0 Å². The number of alkyl halides is 6. The number of aliphatic hydroxyl groups is 1. The molecule has 9 nitrogen and oxygen atoms in total. The first-order valence-electron chi connectivity index (χ1n) is 10.8. The van der Waals surface area contributed by atoms with Gasteiger partial charge in [0.15, 0.2) is 11.9 Å². The van der Waals surface area contributed by atoms with Gasteiger partial charge in [0, 0.05) is 16.6 Å². The van der Waals surface area contributed by atoms with Crippen molar-refractivity contribution in [2.75, 3.05) is 7.11 Å². The molecule has 39 heavy (non-hydrogen) atoms. The van der Waals surface area contributed by atoms with E-state index >= 15 is 0 Å². The quantitative estimate of drug-likeness (QED) is 0.305. The second-order valence-corrected chi connectivity index (χ2v) is 9.02. The van der Waals surface area contributed by atoms with Crippen LogP contribution in [-0.2, 0) is 6.54 Å². The van der Waals surface area contributed by atoms with Crippen molar-refractivity contribution in [2.24, 2.45) is 0 Å². The molecule has 0 saturated carbocycles. The van der Waals surface area contributed by atoms with Gasteiger partial charge in [-0.1, -0.05) is 0 Å². The number of aliphatic hydroxyl groups excluding tert-OH is 1. The van der Waals surface area contributed by atoms with Crippen molar-refractivity contribution in [1.29, 1.82) is 0 Å². The van der Waals surface area contributed by atoms with Crippen molar-refractivity contribution >= 4 is 21.6 Å². The van der Waals surface area contributed by atoms with Gasteiger partial charge < -0.3 is 19.3 Å². The highest BCUT2D eigenvalue weighted by Gasteiger charge is 2.39. The van der Waals surface area contributed by atoms with E-state index in [9.17, 15) is 41.0 Å². The number of aryl methyl sites for hydroxylation is 1. The first kappa shape index (κ1) is 28.0. The molecule has 0 aliphatic rings. The van der Waals surface area contributed by atoms with Crippen molar-refractivity contribution in [3.8, 4) is 33.6 Å². The van der Waals surface area contributed by atoms with Crippen LogP contribution in [0.1, 0.15) is 5.56 Å². The summed E-state index contributed by atoms with van der Waals surface area (Å²) >= 11 is 0.842. The number of aromatic nitrogens is 3. The lowest BCUT2D eigenvalue weighted by molar-refractivity contribution is -0.274. The first-order valence-corrected chi connectivity index (χ1v) is 11.6. The average Bonchev–Trinajstić information content (AvgIpc) is 3.19. The summed E-state index contributed by atoms with van der Waals surface area (Å²) in [5.41, 5.74) is -1.23. The molecule has 0 radical (unpaired) electrons. The van der Waals surface area contributed by atoms with Crippen molar-refractivity contribution in [2.45, 2.75) is 32.1 Å². The smallest absolute Gasteiger partial charge is 0.491 e. The van der Waals surface area contributed by atoms with Gasteiger partial charge in [-0.3, -0.25) is 14.3 Å². The van der Waals surface area contributed by atoms with Crippen LogP contribution in [0.15, 0.2) is 46.1 Å². The van der Waals surface area contributed by atoms with Gasteiger partial charge in [0.1, 0.15) is 16.3 Å². The number of nitrogens with zero attached hydrogens (tertiary/aromatic N) is 2. The first-order chi connectivity index (χ1) is 18.2. The van der Waals surface area contributed by atoms with Gasteiger partial charge in [0.25, 0.3) is 11.4 Å². The van der Waals surface area contributed by atoms with E-state index in [1.165, 1.54) is 38.4 Å². The third kappa shape index (κ3) is 6.01. The second kappa shape index (κ2) is 10.3. The minimum absolute atomic E-state index is 0.0376. The number of ether oxygens (including phenoxy) is 3. The Hall–Kier alpha value is -4.05. The van der Waals surface area contributed by atoms with Crippen LogP contribution in [0.4, 0.5) is 26.3 Å². The summed E-state index contributed by atoms with van der Waals surface area (Å²) in [5, 5.41) is 9.46. The molecule has 0 amide bonds. The zero-order valence-electron chi connectivity index (χ0n) is 19.8. The van der Waals surface area contributed by atoms with E-state index in [1.54, 1.807) is 0 Å². The summed E-state index contributed by atoms with van der Waals surface area (Å²) in [5.74, 6) is -0.326. The molecule has 0 unspecified atom stereocenters. The maximum absolute atomic E-state index is 12.9. The number of H-pyrrole nitrogens is 1. The number of thiophene rings is 1. The number of rotatable bonds is 7. The molecule has 0 fully saturated rings. The Morgan fingerprint density at radius 3 is 2.33 bits per heavy atom. The standard InChI is InChI=1S/C23H17F6N3O6S/c1-10-16-18(34)31-21(35)32(9-15(33)22(24,25)26)20(16)39-17(10)11-7-14(36-2)19(30-8-11)37-12-3-5-13(6-4-12)38-23(27,28)29/h3-8,15,33H,9H2,1-2H3,(H,31,34,35)/t15-/m1/s1. The highest BCUT2D eigenvalue weighted by Crippen LogP contribution is 2.40. The highest BCUT2D eigenvalue weighted by atomic mass is 32.1.